The predicted molar refractivity (Wildman–Crippen MR) is 75.5 cm³/mol. The highest BCUT2D eigenvalue weighted by Gasteiger charge is 2.22. The molecule has 0 saturated carbocycles. The van der Waals surface area contributed by atoms with Gasteiger partial charge < -0.3 is 9.84 Å². The molecule has 1 aliphatic heterocycles. The topological polar surface area (TPSA) is 51.0 Å². The first kappa shape index (κ1) is 14.0. The highest BCUT2D eigenvalue weighted by atomic mass is 35.5. The number of nitrogens with zero attached hydrogens (tertiary/aromatic N) is 2. The fourth-order valence-corrected chi connectivity index (χ4v) is 2.35. The van der Waals surface area contributed by atoms with Gasteiger partial charge in [0.25, 0.3) is 0 Å². The van der Waals surface area contributed by atoms with E-state index in [1.807, 2.05) is 12.1 Å². The zero-order valence-electron chi connectivity index (χ0n) is 10.9. The number of aryl methyl sites for hydroxylation is 1. The first-order valence-electron chi connectivity index (χ1n) is 6.43. The molecule has 102 valence electrons. The maximum atomic E-state index is 5.34. The molecule has 3 rings (SSSR count). The van der Waals surface area contributed by atoms with Crippen molar-refractivity contribution in [2.24, 2.45) is 0 Å². The van der Waals surface area contributed by atoms with Gasteiger partial charge in [-0.25, -0.2) is 0 Å². The van der Waals surface area contributed by atoms with Crippen molar-refractivity contribution in [1.82, 2.24) is 15.5 Å². The Morgan fingerprint density at radius 2 is 2.21 bits per heavy atom. The summed E-state index contributed by atoms with van der Waals surface area (Å²) in [5, 5.41) is 7.44. The minimum Gasteiger partial charge on any atom is -0.338 e. The van der Waals surface area contributed by atoms with Gasteiger partial charge in [-0.3, -0.25) is 0 Å². The fraction of sp³-hybridized carbons (Fsp3) is 0.429. The van der Waals surface area contributed by atoms with E-state index in [1.54, 1.807) is 0 Å². The lowest BCUT2D eigenvalue weighted by Crippen LogP contribution is -2.13. The number of benzene rings is 1. The largest absolute Gasteiger partial charge is 0.338 e. The molecule has 1 aromatic carbocycles. The first-order valence-corrected chi connectivity index (χ1v) is 6.43. The van der Waals surface area contributed by atoms with Gasteiger partial charge in [0.2, 0.25) is 5.89 Å². The molecular formula is C14H18ClN3O. The Balaban J connectivity index is 0.00000133. The molecule has 0 spiro atoms. The van der Waals surface area contributed by atoms with Crippen LogP contribution in [0.3, 0.4) is 0 Å². The molecule has 4 nitrogen and oxygen atoms in total. The van der Waals surface area contributed by atoms with Crippen LogP contribution in [0, 0.1) is 6.92 Å². The van der Waals surface area contributed by atoms with Gasteiger partial charge in [0, 0.05) is 6.42 Å². The van der Waals surface area contributed by atoms with Gasteiger partial charge in [-0.1, -0.05) is 29.4 Å². The zero-order chi connectivity index (χ0) is 12.4. The standard InChI is InChI=1S/C14H17N3O.ClH/c1-10-5-2-3-6-11(10)9-13-16-14(18-17-13)12-7-4-8-15-12;/h2-3,5-6,12,15H,4,7-9H2,1H3;1H/t12-;/m0./s1. The third-order valence-corrected chi connectivity index (χ3v) is 3.45. The highest BCUT2D eigenvalue weighted by Crippen LogP contribution is 2.21. The minimum absolute atomic E-state index is 0. The molecule has 5 heteroatoms. The van der Waals surface area contributed by atoms with Gasteiger partial charge in [0.05, 0.1) is 6.04 Å². The van der Waals surface area contributed by atoms with Crippen molar-refractivity contribution in [3.63, 3.8) is 0 Å². The number of halogens is 1. The number of aromatic nitrogens is 2. The lowest BCUT2D eigenvalue weighted by atomic mass is 10.1. The molecule has 1 aromatic heterocycles. The maximum Gasteiger partial charge on any atom is 0.243 e. The van der Waals surface area contributed by atoms with Crippen molar-refractivity contribution in [3.8, 4) is 0 Å². The summed E-state index contributed by atoms with van der Waals surface area (Å²) < 4.78 is 5.34. The molecule has 1 aliphatic rings. The third kappa shape index (κ3) is 3.14. The van der Waals surface area contributed by atoms with E-state index in [0.29, 0.717) is 0 Å². The summed E-state index contributed by atoms with van der Waals surface area (Å²) in [6, 6.07) is 8.56. The van der Waals surface area contributed by atoms with E-state index in [0.717, 1.165) is 31.1 Å². The van der Waals surface area contributed by atoms with E-state index in [2.05, 4.69) is 34.5 Å². The first-order chi connectivity index (χ1) is 8.83. The molecule has 0 aliphatic carbocycles. The summed E-state index contributed by atoms with van der Waals surface area (Å²) in [5.74, 6) is 1.50. The highest BCUT2D eigenvalue weighted by molar-refractivity contribution is 5.85. The van der Waals surface area contributed by atoms with Crippen LogP contribution in [-0.4, -0.2) is 16.7 Å². The molecular weight excluding hydrogens is 262 g/mol. The van der Waals surface area contributed by atoms with Crippen LogP contribution in [0.2, 0.25) is 0 Å². The number of rotatable bonds is 3. The average Bonchev–Trinajstić information content (AvgIpc) is 3.02. The number of nitrogens with one attached hydrogen (secondary N) is 1. The molecule has 19 heavy (non-hydrogen) atoms. The van der Waals surface area contributed by atoms with Crippen LogP contribution in [0.5, 0.6) is 0 Å². The van der Waals surface area contributed by atoms with Gasteiger partial charge in [-0.15, -0.1) is 12.4 Å². The van der Waals surface area contributed by atoms with Crippen molar-refractivity contribution in [2.75, 3.05) is 6.54 Å². The Morgan fingerprint density at radius 1 is 1.37 bits per heavy atom. The van der Waals surface area contributed by atoms with E-state index >= 15 is 0 Å². The quantitative estimate of drug-likeness (QED) is 0.939. The predicted octanol–water partition coefficient (Wildman–Crippen LogP) is 2.82. The van der Waals surface area contributed by atoms with E-state index < -0.39 is 0 Å². The minimum atomic E-state index is 0. The second kappa shape index (κ2) is 6.17. The molecule has 1 saturated heterocycles. The SMILES string of the molecule is Cc1ccccc1Cc1noc([C@@H]2CCCN2)n1.Cl. The van der Waals surface area contributed by atoms with Crippen molar-refractivity contribution in [1.29, 1.82) is 0 Å². The maximum absolute atomic E-state index is 5.34. The summed E-state index contributed by atoms with van der Waals surface area (Å²) in [4.78, 5) is 4.49. The van der Waals surface area contributed by atoms with Gasteiger partial charge in [0.1, 0.15) is 0 Å². The van der Waals surface area contributed by atoms with Gasteiger partial charge in [-0.05, 0) is 37.4 Å². The monoisotopic (exact) mass is 279 g/mol. The lowest BCUT2D eigenvalue weighted by molar-refractivity contribution is 0.341. The Morgan fingerprint density at radius 3 is 2.95 bits per heavy atom. The van der Waals surface area contributed by atoms with Gasteiger partial charge >= 0.3 is 0 Å². The molecule has 2 aromatic rings. The number of hydrogen-bond acceptors (Lipinski definition) is 4. The summed E-state index contributed by atoms with van der Waals surface area (Å²) >= 11 is 0. The van der Waals surface area contributed by atoms with Crippen molar-refractivity contribution < 1.29 is 4.52 Å². The molecule has 0 radical (unpaired) electrons. The van der Waals surface area contributed by atoms with E-state index in [-0.39, 0.29) is 18.4 Å². The third-order valence-electron chi connectivity index (χ3n) is 3.45. The summed E-state index contributed by atoms with van der Waals surface area (Å²) in [5.41, 5.74) is 2.52. The average molecular weight is 280 g/mol. The molecule has 1 N–H and O–H groups in total. The van der Waals surface area contributed by atoms with Crippen LogP contribution in [0.15, 0.2) is 28.8 Å². The van der Waals surface area contributed by atoms with Crippen molar-refractivity contribution in [2.45, 2.75) is 32.2 Å². The van der Waals surface area contributed by atoms with Crippen LogP contribution in [-0.2, 0) is 6.42 Å². The van der Waals surface area contributed by atoms with Crippen molar-refractivity contribution in [3.05, 3.63) is 47.1 Å². The van der Waals surface area contributed by atoms with Crippen LogP contribution in [0.25, 0.3) is 0 Å². The van der Waals surface area contributed by atoms with Gasteiger partial charge in [0.15, 0.2) is 5.82 Å². The Hall–Kier alpha value is -1.39. The fourth-order valence-electron chi connectivity index (χ4n) is 2.35. The normalized spacial score (nSPS) is 18.3. The Kier molecular flexibility index (Phi) is 4.56. The molecule has 0 bridgehead atoms. The Labute approximate surface area is 119 Å². The summed E-state index contributed by atoms with van der Waals surface area (Å²) in [7, 11) is 0. The molecule has 1 fully saturated rings. The number of hydrogen-bond donors (Lipinski definition) is 1. The zero-order valence-corrected chi connectivity index (χ0v) is 11.7. The summed E-state index contributed by atoms with van der Waals surface area (Å²) in [6.07, 6.45) is 3.01. The molecule has 0 unspecified atom stereocenters. The van der Waals surface area contributed by atoms with Gasteiger partial charge in [-0.2, -0.15) is 4.98 Å². The second-order valence-electron chi connectivity index (χ2n) is 4.80. The van der Waals surface area contributed by atoms with E-state index in [1.165, 1.54) is 17.5 Å². The smallest absolute Gasteiger partial charge is 0.243 e. The van der Waals surface area contributed by atoms with Crippen LogP contribution >= 0.6 is 12.4 Å². The van der Waals surface area contributed by atoms with Crippen LogP contribution in [0.4, 0.5) is 0 Å². The Bertz CT molecular complexity index is 535. The van der Waals surface area contributed by atoms with Crippen LogP contribution in [0.1, 0.15) is 41.7 Å². The lowest BCUT2D eigenvalue weighted by Gasteiger charge is -2.02. The van der Waals surface area contributed by atoms with Crippen molar-refractivity contribution >= 4 is 12.4 Å². The molecule has 1 atom stereocenters. The molecule has 2 heterocycles. The summed E-state index contributed by atoms with van der Waals surface area (Å²) in [6.45, 7) is 3.15. The van der Waals surface area contributed by atoms with E-state index in [4.69, 9.17) is 4.52 Å². The molecule has 0 amide bonds. The second-order valence-corrected chi connectivity index (χ2v) is 4.80. The van der Waals surface area contributed by atoms with E-state index in [9.17, 15) is 0 Å². The van der Waals surface area contributed by atoms with Crippen LogP contribution < -0.4 is 5.32 Å².